The second-order valence-corrected chi connectivity index (χ2v) is 11.9. The summed E-state index contributed by atoms with van der Waals surface area (Å²) in [6.45, 7) is 11.9. The molecule has 0 saturated carbocycles. The Morgan fingerprint density at radius 2 is 2.08 bits per heavy atom. The fourth-order valence-corrected chi connectivity index (χ4v) is 5.74. The SMILES string of the molecule is CCC(C)(C)Cn1c(=O)n(C)c2nc(C3(C)C=C(CN4CCCc5ncccc5C4)C=CC3C#N)ccc21. The molecule has 2 aliphatic rings. The van der Waals surface area contributed by atoms with Gasteiger partial charge in [-0.05, 0) is 67.5 Å². The van der Waals surface area contributed by atoms with Gasteiger partial charge in [0.25, 0.3) is 0 Å². The Morgan fingerprint density at radius 1 is 1.26 bits per heavy atom. The van der Waals surface area contributed by atoms with Crippen molar-refractivity contribution in [3.8, 4) is 6.07 Å². The van der Waals surface area contributed by atoms with E-state index in [1.807, 2.05) is 35.0 Å². The lowest BCUT2D eigenvalue weighted by atomic mass is 9.71. The van der Waals surface area contributed by atoms with E-state index in [0.29, 0.717) is 12.2 Å². The van der Waals surface area contributed by atoms with E-state index in [2.05, 4.69) is 61.9 Å². The van der Waals surface area contributed by atoms with E-state index in [1.54, 1.807) is 11.6 Å². The summed E-state index contributed by atoms with van der Waals surface area (Å²) in [4.78, 5) is 25.2. The molecule has 0 radical (unpaired) electrons. The summed E-state index contributed by atoms with van der Waals surface area (Å²) >= 11 is 0. The minimum Gasteiger partial charge on any atom is -0.295 e. The lowest BCUT2D eigenvalue weighted by Crippen LogP contribution is -2.34. The molecule has 0 saturated heterocycles. The van der Waals surface area contributed by atoms with Gasteiger partial charge in [0.15, 0.2) is 5.65 Å². The Morgan fingerprint density at radius 3 is 2.84 bits per heavy atom. The van der Waals surface area contributed by atoms with Crippen LogP contribution >= 0.6 is 0 Å². The molecule has 7 nitrogen and oxygen atoms in total. The van der Waals surface area contributed by atoms with Gasteiger partial charge in [-0.3, -0.25) is 19.0 Å². The first-order valence-corrected chi connectivity index (χ1v) is 13.7. The quantitative estimate of drug-likeness (QED) is 0.471. The third kappa shape index (κ3) is 4.74. The van der Waals surface area contributed by atoms with Crippen molar-refractivity contribution in [1.29, 1.82) is 5.26 Å². The van der Waals surface area contributed by atoms with Gasteiger partial charge in [0.05, 0.1) is 23.2 Å². The molecule has 5 rings (SSSR count). The molecule has 0 aromatic carbocycles. The van der Waals surface area contributed by atoms with Crippen LogP contribution in [-0.4, -0.2) is 37.1 Å². The van der Waals surface area contributed by atoms with Gasteiger partial charge in [-0.1, -0.05) is 45.1 Å². The zero-order valence-corrected chi connectivity index (χ0v) is 23.2. The second-order valence-electron chi connectivity index (χ2n) is 11.9. The van der Waals surface area contributed by atoms with E-state index in [1.165, 1.54) is 16.8 Å². The van der Waals surface area contributed by atoms with Crippen molar-refractivity contribution in [3.05, 3.63) is 81.7 Å². The Hall–Kier alpha value is -3.50. The predicted octanol–water partition coefficient (Wildman–Crippen LogP) is 4.91. The highest BCUT2D eigenvalue weighted by Crippen LogP contribution is 2.38. The standard InChI is InChI=1S/C31H38N6O/c1-6-30(2,3)21-37-26-13-14-27(34-28(26)35(5)29(37)38)31(4)17-22(11-12-24(31)18-32)19-36-16-8-10-25-23(20-36)9-7-15-33-25/h7,9,11-15,17,24H,6,8,10,16,19-21H2,1-5H3. The first-order valence-electron chi connectivity index (χ1n) is 13.7. The monoisotopic (exact) mass is 510 g/mol. The molecule has 0 spiro atoms. The highest BCUT2D eigenvalue weighted by atomic mass is 16.1. The molecular formula is C31H38N6O. The minimum atomic E-state index is -0.598. The van der Waals surface area contributed by atoms with Gasteiger partial charge in [-0.25, -0.2) is 9.78 Å². The summed E-state index contributed by atoms with van der Waals surface area (Å²) in [6.07, 6.45) is 11.3. The van der Waals surface area contributed by atoms with Crippen LogP contribution in [0.2, 0.25) is 0 Å². The topological polar surface area (TPSA) is 79.7 Å². The fourth-order valence-electron chi connectivity index (χ4n) is 5.74. The fraction of sp³-hybridized carbons (Fsp3) is 0.484. The Kier molecular flexibility index (Phi) is 6.87. The number of hydrogen-bond acceptors (Lipinski definition) is 5. The number of fused-ring (bicyclic) bond motifs is 2. The van der Waals surface area contributed by atoms with Gasteiger partial charge in [0.2, 0.25) is 0 Å². The molecule has 4 heterocycles. The lowest BCUT2D eigenvalue weighted by Gasteiger charge is -2.33. The van der Waals surface area contributed by atoms with Gasteiger partial charge in [0, 0.05) is 44.0 Å². The smallest absolute Gasteiger partial charge is 0.295 e. The van der Waals surface area contributed by atoms with Crippen LogP contribution in [-0.2, 0) is 32.0 Å². The van der Waals surface area contributed by atoms with E-state index in [0.717, 1.165) is 50.1 Å². The molecule has 38 heavy (non-hydrogen) atoms. The number of imidazole rings is 1. The molecule has 3 aromatic heterocycles. The molecule has 2 unspecified atom stereocenters. The highest BCUT2D eigenvalue weighted by Gasteiger charge is 2.37. The molecular weight excluding hydrogens is 472 g/mol. The number of nitrogens with zero attached hydrogens (tertiary/aromatic N) is 6. The summed E-state index contributed by atoms with van der Waals surface area (Å²) in [5.41, 5.74) is 5.36. The average molecular weight is 511 g/mol. The van der Waals surface area contributed by atoms with Crippen molar-refractivity contribution < 1.29 is 0 Å². The molecule has 7 heteroatoms. The van der Waals surface area contributed by atoms with Crippen LogP contribution in [0.15, 0.2) is 59.1 Å². The number of allylic oxidation sites excluding steroid dienone is 2. The van der Waals surface area contributed by atoms with Crippen LogP contribution < -0.4 is 5.69 Å². The zero-order valence-electron chi connectivity index (χ0n) is 23.2. The van der Waals surface area contributed by atoms with Gasteiger partial charge in [-0.15, -0.1) is 0 Å². The summed E-state index contributed by atoms with van der Waals surface area (Å²) in [7, 11) is 1.79. The number of aryl methyl sites for hydroxylation is 2. The van der Waals surface area contributed by atoms with Crippen molar-refractivity contribution in [2.75, 3.05) is 13.1 Å². The minimum absolute atomic E-state index is 0.00434. The molecule has 1 aliphatic carbocycles. The summed E-state index contributed by atoms with van der Waals surface area (Å²) in [5, 5.41) is 10.1. The van der Waals surface area contributed by atoms with Gasteiger partial charge in [0.1, 0.15) is 0 Å². The van der Waals surface area contributed by atoms with Crippen LogP contribution in [0.4, 0.5) is 0 Å². The molecule has 0 amide bonds. The Bertz CT molecular complexity index is 1520. The average Bonchev–Trinajstić information content (AvgIpc) is 3.03. The largest absolute Gasteiger partial charge is 0.330 e. The number of nitriles is 1. The molecule has 2 atom stereocenters. The van der Waals surface area contributed by atoms with Crippen LogP contribution in [0.1, 0.15) is 57.5 Å². The third-order valence-corrected chi connectivity index (χ3v) is 8.52. The van der Waals surface area contributed by atoms with Crippen molar-refractivity contribution in [1.82, 2.24) is 24.0 Å². The summed E-state index contributed by atoms with van der Waals surface area (Å²) < 4.78 is 3.48. The molecule has 0 N–H and O–H groups in total. The predicted molar refractivity (Wildman–Crippen MR) is 151 cm³/mol. The van der Waals surface area contributed by atoms with E-state index in [9.17, 15) is 10.1 Å². The maximum atomic E-state index is 13.2. The lowest BCUT2D eigenvalue weighted by molar-refractivity contribution is 0.292. The maximum absolute atomic E-state index is 13.2. The highest BCUT2D eigenvalue weighted by molar-refractivity contribution is 5.72. The van der Waals surface area contributed by atoms with Crippen LogP contribution in [0.3, 0.4) is 0 Å². The zero-order chi connectivity index (χ0) is 27.1. The van der Waals surface area contributed by atoms with Crippen LogP contribution in [0.5, 0.6) is 0 Å². The van der Waals surface area contributed by atoms with E-state index in [4.69, 9.17) is 4.98 Å². The third-order valence-electron chi connectivity index (χ3n) is 8.52. The van der Waals surface area contributed by atoms with Gasteiger partial charge in [-0.2, -0.15) is 5.26 Å². The first kappa shape index (κ1) is 26.1. The Balaban J connectivity index is 1.49. The van der Waals surface area contributed by atoms with Crippen molar-refractivity contribution >= 4 is 11.2 Å². The normalized spacial score (nSPS) is 22.1. The van der Waals surface area contributed by atoms with Crippen molar-refractivity contribution in [2.45, 2.75) is 65.5 Å². The van der Waals surface area contributed by atoms with E-state index in [-0.39, 0.29) is 17.0 Å². The number of pyridine rings is 2. The number of rotatable bonds is 6. The molecule has 0 fully saturated rings. The van der Waals surface area contributed by atoms with E-state index >= 15 is 0 Å². The summed E-state index contributed by atoms with van der Waals surface area (Å²) in [6, 6.07) is 10.7. The number of aromatic nitrogens is 4. The Labute approximate surface area is 225 Å². The molecule has 198 valence electrons. The first-order chi connectivity index (χ1) is 18.1. The van der Waals surface area contributed by atoms with Gasteiger partial charge >= 0.3 is 5.69 Å². The molecule has 0 bridgehead atoms. The molecule has 1 aliphatic heterocycles. The van der Waals surface area contributed by atoms with Crippen molar-refractivity contribution in [2.24, 2.45) is 18.4 Å². The van der Waals surface area contributed by atoms with Crippen LogP contribution in [0, 0.1) is 22.7 Å². The van der Waals surface area contributed by atoms with Gasteiger partial charge < -0.3 is 0 Å². The van der Waals surface area contributed by atoms with E-state index < -0.39 is 5.41 Å². The summed E-state index contributed by atoms with van der Waals surface area (Å²) in [5.74, 6) is -0.344. The van der Waals surface area contributed by atoms with Crippen LogP contribution in [0.25, 0.3) is 11.2 Å². The maximum Gasteiger partial charge on any atom is 0.330 e. The number of hydrogen-bond donors (Lipinski definition) is 0. The van der Waals surface area contributed by atoms with Crippen molar-refractivity contribution in [3.63, 3.8) is 0 Å². The second kappa shape index (κ2) is 9.99. The molecule has 3 aromatic rings.